The number of hydrogen-bond donors (Lipinski definition) is 1. The van der Waals surface area contributed by atoms with Crippen molar-refractivity contribution in [2.45, 2.75) is 39.8 Å². The highest BCUT2D eigenvalue weighted by Crippen LogP contribution is 2.23. The third-order valence-electron chi connectivity index (χ3n) is 5.47. The number of nitrogens with zero attached hydrogens (tertiary/aromatic N) is 3. The molecule has 1 N–H and O–H groups in total. The molecule has 0 saturated heterocycles. The van der Waals surface area contributed by atoms with Crippen LogP contribution in [0.25, 0.3) is 11.0 Å². The smallest absolute Gasteiger partial charge is 0.270 e. The van der Waals surface area contributed by atoms with Crippen molar-refractivity contribution in [3.8, 4) is 5.75 Å². The standard InChI is InChI=1S/C26H28N4O2/c1-19-10-9-11-20(2)25(19)32-17-8-7-16-30-23-14-4-3-12-21(23)29-24(30)18-28-26(31)22-13-5-6-15-27-22/h3-6,9-15H,7-8,16-18H2,1-2H3,(H,28,31). The van der Waals surface area contributed by atoms with E-state index in [2.05, 4.69) is 53.0 Å². The first-order valence-electron chi connectivity index (χ1n) is 11.0. The van der Waals surface area contributed by atoms with E-state index < -0.39 is 0 Å². The number of aryl methyl sites for hydroxylation is 3. The van der Waals surface area contributed by atoms with Crippen LogP contribution in [0.15, 0.2) is 66.9 Å². The van der Waals surface area contributed by atoms with E-state index in [0.29, 0.717) is 18.8 Å². The summed E-state index contributed by atoms with van der Waals surface area (Å²) in [6, 6.07) is 19.6. The fourth-order valence-electron chi connectivity index (χ4n) is 3.83. The lowest BCUT2D eigenvalue weighted by atomic mass is 10.1. The highest BCUT2D eigenvalue weighted by Gasteiger charge is 2.13. The minimum Gasteiger partial charge on any atom is -0.493 e. The zero-order valence-electron chi connectivity index (χ0n) is 18.5. The maximum Gasteiger partial charge on any atom is 0.270 e. The molecule has 0 saturated carbocycles. The molecule has 6 heteroatoms. The molecule has 2 heterocycles. The number of para-hydroxylation sites is 3. The van der Waals surface area contributed by atoms with Crippen molar-refractivity contribution in [1.82, 2.24) is 19.9 Å². The molecular formula is C26H28N4O2. The summed E-state index contributed by atoms with van der Waals surface area (Å²) in [7, 11) is 0. The van der Waals surface area contributed by atoms with E-state index in [1.807, 2.05) is 18.2 Å². The molecule has 0 unspecified atom stereocenters. The summed E-state index contributed by atoms with van der Waals surface area (Å²) in [5.41, 5.74) is 4.73. The summed E-state index contributed by atoms with van der Waals surface area (Å²) in [5.74, 6) is 1.62. The Kier molecular flexibility index (Phi) is 6.80. The molecule has 32 heavy (non-hydrogen) atoms. The van der Waals surface area contributed by atoms with E-state index >= 15 is 0 Å². The Hall–Kier alpha value is -3.67. The number of fused-ring (bicyclic) bond motifs is 1. The van der Waals surface area contributed by atoms with Crippen molar-refractivity contribution < 1.29 is 9.53 Å². The molecule has 0 bridgehead atoms. The molecule has 0 aliphatic heterocycles. The van der Waals surface area contributed by atoms with Crippen LogP contribution in [0, 0.1) is 13.8 Å². The summed E-state index contributed by atoms with van der Waals surface area (Å²) < 4.78 is 8.23. The summed E-state index contributed by atoms with van der Waals surface area (Å²) in [5, 5.41) is 2.94. The second kappa shape index (κ2) is 10.1. The third-order valence-corrected chi connectivity index (χ3v) is 5.47. The van der Waals surface area contributed by atoms with Crippen molar-refractivity contribution in [3.63, 3.8) is 0 Å². The van der Waals surface area contributed by atoms with Gasteiger partial charge in [0.05, 0.1) is 24.2 Å². The number of unbranched alkanes of at least 4 members (excludes halogenated alkanes) is 1. The molecule has 2 aromatic carbocycles. The van der Waals surface area contributed by atoms with Crippen molar-refractivity contribution in [1.29, 1.82) is 0 Å². The minimum absolute atomic E-state index is 0.203. The number of carbonyl (C=O) groups is 1. The van der Waals surface area contributed by atoms with Crippen LogP contribution in [-0.2, 0) is 13.1 Å². The van der Waals surface area contributed by atoms with Gasteiger partial charge in [-0.05, 0) is 62.1 Å². The van der Waals surface area contributed by atoms with E-state index in [1.54, 1.807) is 24.4 Å². The number of carbonyl (C=O) groups excluding carboxylic acids is 1. The van der Waals surface area contributed by atoms with Crippen molar-refractivity contribution >= 4 is 16.9 Å². The summed E-state index contributed by atoms with van der Waals surface area (Å²) in [4.78, 5) is 21.3. The fraction of sp³-hybridized carbons (Fsp3) is 0.269. The first kappa shape index (κ1) is 21.6. The third kappa shape index (κ3) is 4.97. The number of rotatable bonds is 9. The number of ether oxygens (including phenoxy) is 1. The van der Waals surface area contributed by atoms with Crippen LogP contribution in [0.5, 0.6) is 5.75 Å². The predicted molar refractivity (Wildman–Crippen MR) is 126 cm³/mol. The van der Waals surface area contributed by atoms with Crippen molar-refractivity contribution in [3.05, 3.63) is 89.5 Å². The van der Waals surface area contributed by atoms with Gasteiger partial charge >= 0.3 is 0 Å². The van der Waals surface area contributed by atoms with E-state index in [0.717, 1.165) is 53.1 Å². The van der Waals surface area contributed by atoms with Gasteiger partial charge < -0.3 is 14.6 Å². The zero-order chi connectivity index (χ0) is 22.3. The molecule has 0 atom stereocenters. The molecular weight excluding hydrogens is 400 g/mol. The number of amides is 1. The van der Waals surface area contributed by atoms with Gasteiger partial charge in [-0.15, -0.1) is 0 Å². The minimum atomic E-state index is -0.203. The molecule has 0 aliphatic carbocycles. The summed E-state index contributed by atoms with van der Waals surface area (Å²) in [6.45, 7) is 5.98. The number of imidazole rings is 1. The number of pyridine rings is 1. The molecule has 0 aliphatic rings. The van der Waals surface area contributed by atoms with Crippen LogP contribution in [-0.4, -0.2) is 27.0 Å². The van der Waals surface area contributed by atoms with Crippen LogP contribution < -0.4 is 10.1 Å². The number of nitrogens with one attached hydrogen (secondary N) is 1. The van der Waals surface area contributed by atoms with Gasteiger partial charge in [-0.25, -0.2) is 4.98 Å². The second-order valence-corrected chi connectivity index (χ2v) is 7.84. The maximum atomic E-state index is 12.4. The first-order valence-corrected chi connectivity index (χ1v) is 11.0. The lowest BCUT2D eigenvalue weighted by Gasteiger charge is -2.13. The molecule has 0 radical (unpaired) electrons. The molecule has 6 nitrogen and oxygen atoms in total. The molecule has 4 aromatic rings. The van der Waals surface area contributed by atoms with Gasteiger partial charge in [-0.2, -0.15) is 0 Å². The topological polar surface area (TPSA) is 69.0 Å². The second-order valence-electron chi connectivity index (χ2n) is 7.84. The number of benzene rings is 2. The van der Waals surface area contributed by atoms with E-state index in [4.69, 9.17) is 9.72 Å². The Morgan fingerprint density at radius 3 is 2.53 bits per heavy atom. The summed E-state index contributed by atoms with van der Waals surface area (Å²) in [6.07, 6.45) is 3.50. The van der Waals surface area contributed by atoms with Crippen LogP contribution in [0.4, 0.5) is 0 Å². The van der Waals surface area contributed by atoms with Gasteiger partial charge in [0.15, 0.2) is 0 Å². The van der Waals surface area contributed by atoms with Crippen molar-refractivity contribution in [2.24, 2.45) is 0 Å². The number of hydrogen-bond acceptors (Lipinski definition) is 4. The lowest BCUT2D eigenvalue weighted by molar-refractivity contribution is 0.0944. The van der Waals surface area contributed by atoms with Crippen molar-refractivity contribution in [2.75, 3.05) is 6.61 Å². The first-order chi connectivity index (χ1) is 15.6. The molecule has 4 rings (SSSR count). The Labute approximate surface area is 188 Å². The van der Waals surface area contributed by atoms with Gasteiger partial charge in [-0.1, -0.05) is 36.4 Å². The van der Waals surface area contributed by atoms with E-state index in [1.165, 1.54) is 0 Å². The Bertz CT molecular complexity index is 1180. The van der Waals surface area contributed by atoms with Crippen LogP contribution in [0.1, 0.15) is 40.3 Å². The van der Waals surface area contributed by atoms with Crippen LogP contribution in [0.3, 0.4) is 0 Å². The van der Waals surface area contributed by atoms with Crippen LogP contribution in [0.2, 0.25) is 0 Å². The van der Waals surface area contributed by atoms with Gasteiger partial charge in [-0.3, -0.25) is 9.78 Å². The van der Waals surface area contributed by atoms with Gasteiger partial charge in [0.25, 0.3) is 5.91 Å². The van der Waals surface area contributed by atoms with Gasteiger partial charge in [0.1, 0.15) is 17.3 Å². The van der Waals surface area contributed by atoms with Crippen LogP contribution >= 0.6 is 0 Å². The Morgan fingerprint density at radius 2 is 1.75 bits per heavy atom. The van der Waals surface area contributed by atoms with E-state index in [-0.39, 0.29) is 5.91 Å². The largest absolute Gasteiger partial charge is 0.493 e. The Morgan fingerprint density at radius 1 is 0.969 bits per heavy atom. The summed E-state index contributed by atoms with van der Waals surface area (Å²) >= 11 is 0. The predicted octanol–water partition coefficient (Wildman–Crippen LogP) is 4.84. The average Bonchev–Trinajstić information content (AvgIpc) is 3.17. The van der Waals surface area contributed by atoms with Gasteiger partial charge in [0, 0.05) is 12.7 Å². The lowest BCUT2D eigenvalue weighted by Crippen LogP contribution is -2.25. The monoisotopic (exact) mass is 428 g/mol. The molecule has 1 amide bonds. The van der Waals surface area contributed by atoms with E-state index in [9.17, 15) is 4.79 Å². The fourth-order valence-corrected chi connectivity index (χ4v) is 3.83. The molecule has 0 fully saturated rings. The maximum absolute atomic E-state index is 12.4. The molecule has 2 aromatic heterocycles. The normalized spacial score (nSPS) is 10.9. The quantitative estimate of drug-likeness (QED) is 0.388. The average molecular weight is 429 g/mol. The molecule has 164 valence electrons. The number of aromatic nitrogens is 3. The molecule has 0 spiro atoms. The van der Waals surface area contributed by atoms with Gasteiger partial charge in [0.2, 0.25) is 0 Å². The zero-order valence-corrected chi connectivity index (χ0v) is 18.5. The Balaban J connectivity index is 1.38. The SMILES string of the molecule is Cc1cccc(C)c1OCCCCn1c(CNC(=O)c2ccccn2)nc2ccccc21. The highest BCUT2D eigenvalue weighted by atomic mass is 16.5. The highest BCUT2D eigenvalue weighted by molar-refractivity contribution is 5.92.